The minimum atomic E-state index is 0.755. The Kier molecular flexibility index (Phi) is 2.12. The van der Waals surface area contributed by atoms with Crippen molar-refractivity contribution < 1.29 is 0 Å². The summed E-state index contributed by atoms with van der Waals surface area (Å²) in [6.45, 7) is 1.16. The van der Waals surface area contributed by atoms with E-state index in [1.54, 1.807) is 0 Å². The molecule has 1 heterocycles. The van der Waals surface area contributed by atoms with E-state index < -0.39 is 0 Å². The zero-order valence-electron chi connectivity index (χ0n) is 6.81. The second kappa shape index (κ2) is 3.10. The van der Waals surface area contributed by atoms with Crippen LogP contribution in [0.15, 0.2) is 0 Å². The first-order valence-corrected chi connectivity index (χ1v) is 5.06. The van der Waals surface area contributed by atoms with Crippen molar-refractivity contribution in [3.8, 4) is 0 Å². The van der Waals surface area contributed by atoms with E-state index in [9.17, 15) is 0 Å². The molecule has 62 valence electrons. The summed E-state index contributed by atoms with van der Waals surface area (Å²) in [4.78, 5) is 1.14. The third kappa shape index (κ3) is 1.41. The van der Waals surface area contributed by atoms with Crippen LogP contribution in [0.5, 0.6) is 0 Å². The third-order valence-electron chi connectivity index (χ3n) is 3.05. The van der Waals surface area contributed by atoms with Crippen LogP contribution in [0.3, 0.4) is 0 Å². The van der Waals surface area contributed by atoms with Gasteiger partial charge >= 0.3 is 0 Å². The number of hydrogen-bond acceptors (Lipinski definition) is 1. The second-order valence-corrected chi connectivity index (χ2v) is 4.19. The van der Waals surface area contributed by atoms with Crippen LogP contribution in [-0.4, -0.2) is 11.5 Å². The Morgan fingerprint density at radius 3 is 2.36 bits per heavy atom. The van der Waals surface area contributed by atoms with Crippen LogP contribution in [0.2, 0.25) is 0 Å². The average Bonchev–Trinajstić information content (AvgIpc) is 2.04. The highest BCUT2D eigenvalue weighted by molar-refractivity contribution is 7.80. The summed E-state index contributed by atoms with van der Waals surface area (Å²) in [5.41, 5.74) is 0. The summed E-state index contributed by atoms with van der Waals surface area (Å²) in [5.74, 6) is 1.68. The normalized spacial score (nSPS) is 32.7. The van der Waals surface area contributed by atoms with Gasteiger partial charge in [0.2, 0.25) is 0 Å². The summed E-state index contributed by atoms with van der Waals surface area (Å²) in [7, 11) is 0. The highest BCUT2D eigenvalue weighted by Crippen LogP contribution is 2.32. The Labute approximate surface area is 73.6 Å². The molecule has 2 rings (SSSR count). The van der Waals surface area contributed by atoms with Crippen LogP contribution < -0.4 is 5.32 Å². The van der Waals surface area contributed by atoms with E-state index in [1.807, 2.05) is 0 Å². The predicted molar refractivity (Wildman–Crippen MR) is 50.7 cm³/mol. The second-order valence-electron chi connectivity index (χ2n) is 3.75. The van der Waals surface area contributed by atoms with Crippen molar-refractivity contribution in [2.75, 3.05) is 6.54 Å². The Bertz CT molecular complexity index is 161. The Morgan fingerprint density at radius 2 is 1.91 bits per heavy atom. The maximum Gasteiger partial charge on any atom is 0.0805 e. The van der Waals surface area contributed by atoms with Gasteiger partial charge < -0.3 is 5.32 Å². The topological polar surface area (TPSA) is 12.0 Å². The lowest BCUT2D eigenvalue weighted by Crippen LogP contribution is -2.51. The van der Waals surface area contributed by atoms with Crippen molar-refractivity contribution in [1.82, 2.24) is 5.32 Å². The number of rotatable bonds is 1. The summed E-state index contributed by atoms with van der Waals surface area (Å²) in [6.07, 6.45) is 7.16. The molecule has 0 aromatic heterocycles. The van der Waals surface area contributed by atoms with E-state index >= 15 is 0 Å². The molecular weight excluding hydrogens is 154 g/mol. The van der Waals surface area contributed by atoms with E-state index in [4.69, 9.17) is 12.2 Å². The lowest BCUT2D eigenvalue weighted by atomic mass is 9.77. The van der Waals surface area contributed by atoms with Gasteiger partial charge in [0.15, 0.2) is 0 Å². The monoisotopic (exact) mass is 169 g/mol. The number of nitrogens with one attached hydrogen (secondary N) is 1. The van der Waals surface area contributed by atoms with E-state index in [0.717, 1.165) is 23.4 Å². The molecule has 0 aromatic rings. The molecule has 0 amide bonds. The molecule has 2 aliphatic rings. The first kappa shape index (κ1) is 7.53. The maximum atomic E-state index is 5.17. The highest BCUT2D eigenvalue weighted by atomic mass is 32.1. The van der Waals surface area contributed by atoms with Gasteiger partial charge in [0, 0.05) is 12.5 Å². The van der Waals surface area contributed by atoms with Gasteiger partial charge in [-0.1, -0.05) is 31.5 Å². The first-order valence-electron chi connectivity index (χ1n) is 4.65. The van der Waals surface area contributed by atoms with Crippen LogP contribution >= 0.6 is 12.2 Å². The molecule has 1 N–H and O–H groups in total. The van der Waals surface area contributed by atoms with Gasteiger partial charge in [-0.2, -0.15) is 0 Å². The lowest BCUT2D eigenvalue weighted by molar-refractivity contribution is 0.276. The quantitative estimate of drug-likeness (QED) is 0.603. The van der Waals surface area contributed by atoms with Gasteiger partial charge in [-0.15, -0.1) is 0 Å². The predicted octanol–water partition coefficient (Wildman–Crippen LogP) is 2.11. The molecule has 1 nitrogen and oxygen atoms in total. The van der Waals surface area contributed by atoms with Gasteiger partial charge in [-0.05, 0) is 18.8 Å². The van der Waals surface area contributed by atoms with E-state index in [0.29, 0.717) is 0 Å². The molecule has 1 unspecified atom stereocenters. The van der Waals surface area contributed by atoms with Crippen LogP contribution in [0, 0.1) is 11.8 Å². The molecule has 0 spiro atoms. The molecule has 0 aromatic carbocycles. The summed E-state index contributed by atoms with van der Waals surface area (Å²) >= 11 is 5.17. The fraction of sp³-hybridized carbons (Fsp3) is 0.889. The number of thiocarbonyl (C=S) groups is 1. The van der Waals surface area contributed by atoms with Gasteiger partial charge in [-0.25, -0.2) is 0 Å². The van der Waals surface area contributed by atoms with Crippen LogP contribution in [0.25, 0.3) is 0 Å². The first-order chi connectivity index (χ1) is 5.38. The molecular formula is C9H15NS. The van der Waals surface area contributed by atoms with Crippen molar-refractivity contribution in [1.29, 1.82) is 0 Å². The largest absolute Gasteiger partial charge is 0.379 e. The third-order valence-corrected chi connectivity index (χ3v) is 3.50. The molecule has 1 saturated heterocycles. The van der Waals surface area contributed by atoms with Crippen molar-refractivity contribution in [2.45, 2.75) is 32.1 Å². The zero-order valence-corrected chi connectivity index (χ0v) is 7.62. The van der Waals surface area contributed by atoms with Crippen LogP contribution in [0.4, 0.5) is 0 Å². The summed E-state index contributed by atoms with van der Waals surface area (Å²) in [6, 6.07) is 0. The van der Waals surface area contributed by atoms with Crippen molar-refractivity contribution in [3.63, 3.8) is 0 Å². The molecule has 1 saturated carbocycles. The molecule has 0 bridgehead atoms. The summed E-state index contributed by atoms with van der Waals surface area (Å²) < 4.78 is 0. The fourth-order valence-electron chi connectivity index (χ4n) is 2.22. The van der Waals surface area contributed by atoms with Crippen molar-refractivity contribution in [3.05, 3.63) is 0 Å². The highest BCUT2D eigenvalue weighted by Gasteiger charge is 2.32. The summed E-state index contributed by atoms with van der Waals surface area (Å²) in [5, 5.41) is 3.19. The maximum absolute atomic E-state index is 5.17. The van der Waals surface area contributed by atoms with Crippen LogP contribution in [-0.2, 0) is 0 Å². The van der Waals surface area contributed by atoms with Crippen LogP contribution in [0.1, 0.15) is 32.1 Å². The minimum Gasteiger partial charge on any atom is -0.379 e. The lowest BCUT2D eigenvalue weighted by Gasteiger charge is -2.37. The van der Waals surface area contributed by atoms with Gasteiger partial charge in [0.05, 0.1) is 4.99 Å². The van der Waals surface area contributed by atoms with Crippen molar-refractivity contribution >= 4 is 17.2 Å². The van der Waals surface area contributed by atoms with Gasteiger partial charge in [0.1, 0.15) is 0 Å². The fourth-order valence-corrected chi connectivity index (χ4v) is 2.58. The van der Waals surface area contributed by atoms with E-state index in [-0.39, 0.29) is 0 Å². The molecule has 11 heavy (non-hydrogen) atoms. The smallest absolute Gasteiger partial charge is 0.0805 e. The molecule has 1 aliphatic carbocycles. The molecule has 1 atom stereocenters. The zero-order chi connectivity index (χ0) is 7.68. The molecule has 2 fully saturated rings. The Hall–Kier alpha value is -0.110. The Morgan fingerprint density at radius 1 is 1.18 bits per heavy atom. The standard InChI is InChI=1S/C9H15NS/c11-9-8(6-10-9)7-4-2-1-3-5-7/h7-8H,1-6H2,(H,10,11). The molecule has 1 aliphatic heterocycles. The average molecular weight is 169 g/mol. The molecule has 0 radical (unpaired) electrons. The van der Waals surface area contributed by atoms with Gasteiger partial charge in [0.25, 0.3) is 0 Å². The Balaban J connectivity index is 1.88. The molecule has 2 heteroatoms. The van der Waals surface area contributed by atoms with Gasteiger partial charge in [-0.3, -0.25) is 0 Å². The van der Waals surface area contributed by atoms with E-state index in [1.165, 1.54) is 32.1 Å². The number of hydrogen-bond donors (Lipinski definition) is 1. The SMILES string of the molecule is S=C1NCC1C1CCCCC1. The minimum absolute atomic E-state index is 0.755. The van der Waals surface area contributed by atoms with E-state index in [2.05, 4.69) is 5.32 Å². The van der Waals surface area contributed by atoms with Crippen molar-refractivity contribution in [2.24, 2.45) is 11.8 Å².